The highest BCUT2D eigenvalue weighted by molar-refractivity contribution is 5.90. The predicted octanol–water partition coefficient (Wildman–Crippen LogP) is 2.74. The summed E-state index contributed by atoms with van der Waals surface area (Å²) < 4.78 is 5.55. The molecule has 0 bridgehead atoms. The van der Waals surface area contributed by atoms with Gasteiger partial charge in [0, 0.05) is 35.6 Å². The van der Waals surface area contributed by atoms with Gasteiger partial charge in [0.1, 0.15) is 5.75 Å². The topological polar surface area (TPSA) is 28.3 Å². The van der Waals surface area contributed by atoms with Crippen molar-refractivity contribution in [3.8, 4) is 5.75 Å². The normalized spacial score (nSPS) is 23.1. The van der Waals surface area contributed by atoms with E-state index in [1.807, 2.05) is 0 Å². The van der Waals surface area contributed by atoms with Crippen LogP contribution in [0.4, 0.5) is 0 Å². The van der Waals surface area contributed by atoms with E-state index in [-0.39, 0.29) is 0 Å². The molecule has 0 saturated carbocycles. The van der Waals surface area contributed by atoms with Crippen LogP contribution in [0.1, 0.15) is 24.1 Å². The van der Waals surface area contributed by atoms with Gasteiger partial charge in [-0.15, -0.1) is 0 Å². The summed E-state index contributed by atoms with van der Waals surface area (Å²) in [5.41, 5.74) is 4.16. The molecule has 3 heteroatoms. The van der Waals surface area contributed by atoms with E-state index < -0.39 is 0 Å². The summed E-state index contributed by atoms with van der Waals surface area (Å²) >= 11 is 0. The van der Waals surface area contributed by atoms with Gasteiger partial charge in [-0.1, -0.05) is 6.07 Å². The number of aromatic amines is 1. The van der Waals surface area contributed by atoms with Crippen LogP contribution in [0.15, 0.2) is 18.2 Å². The molecule has 1 N–H and O–H groups in total. The van der Waals surface area contributed by atoms with Crippen LogP contribution in [0.5, 0.6) is 5.75 Å². The third-order valence-corrected chi connectivity index (χ3v) is 4.79. The second-order valence-corrected chi connectivity index (χ2v) is 5.75. The fourth-order valence-corrected chi connectivity index (χ4v) is 3.87. The number of rotatable bonds is 1. The highest BCUT2D eigenvalue weighted by Gasteiger charge is 2.29. The lowest BCUT2D eigenvalue weighted by Crippen LogP contribution is -2.30. The van der Waals surface area contributed by atoms with E-state index >= 15 is 0 Å². The average Bonchev–Trinajstić information content (AvgIpc) is 2.97. The van der Waals surface area contributed by atoms with Crippen LogP contribution >= 0.6 is 0 Å². The first kappa shape index (κ1) is 11.4. The number of methoxy groups -OCH3 is 1. The Morgan fingerprint density at radius 2 is 2.26 bits per heavy atom. The molecular formula is C16H20N2O. The van der Waals surface area contributed by atoms with Gasteiger partial charge in [0.15, 0.2) is 0 Å². The Morgan fingerprint density at radius 3 is 3.16 bits per heavy atom. The van der Waals surface area contributed by atoms with Crippen LogP contribution in [0.2, 0.25) is 0 Å². The number of hydrogen-bond donors (Lipinski definition) is 1. The van der Waals surface area contributed by atoms with Gasteiger partial charge in [-0.3, -0.25) is 4.90 Å². The Bertz CT molecular complexity index is 616. The third-order valence-electron chi connectivity index (χ3n) is 4.79. The molecule has 2 aliphatic heterocycles. The van der Waals surface area contributed by atoms with Crippen molar-refractivity contribution >= 4 is 10.9 Å². The fraction of sp³-hybridized carbons (Fsp3) is 0.500. The van der Waals surface area contributed by atoms with Gasteiger partial charge in [0.05, 0.1) is 7.11 Å². The summed E-state index contributed by atoms with van der Waals surface area (Å²) in [7, 11) is 1.77. The molecule has 100 valence electrons. The van der Waals surface area contributed by atoms with Crippen LogP contribution in [0.25, 0.3) is 10.9 Å². The Labute approximate surface area is 113 Å². The summed E-state index contributed by atoms with van der Waals surface area (Å²) in [5, 5.41) is 1.31. The maximum Gasteiger partial charge on any atom is 0.128 e. The average molecular weight is 256 g/mol. The molecule has 2 aromatic rings. The minimum atomic E-state index is 0.750. The largest absolute Gasteiger partial charge is 0.496 e. The number of ether oxygens (including phenoxy) is 1. The smallest absolute Gasteiger partial charge is 0.128 e. The lowest BCUT2D eigenvalue weighted by atomic mass is 10.0. The van der Waals surface area contributed by atoms with Crippen molar-refractivity contribution in [2.24, 2.45) is 0 Å². The molecule has 4 rings (SSSR count). The van der Waals surface area contributed by atoms with Crippen LogP contribution in [0, 0.1) is 0 Å². The van der Waals surface area contributed by atoms with Crippen molar-refractivity contribution < 1.29 is 4.74 Å². The van der Waals surface area contributed by atoms with E-state index in [1.165, 1.54) is 54.5 Å². The molecule has 0 amide bonds. The molecule has 0 aliphatic carbocycles. The van der Waals surface area contributed by atoms with E-state index in [4.69, 9.17) is 4.74 Å². The van der Waals surface area contributed by atoms with Crippen molar-refractivity contribution in [2.75, 3.05) is 20.2 Å². The monoisotopic (exact) mass is 256 g/mol. The van der Waals surface area contributed by atoms with E-state index in [0.717, 1.165) is 18.2 Å². The van der Waals surface area contributed by atoms with E-state index in [0.29, 0.717) is 0 Å². The molecule has 1 fully saturated rings. The molecule has 3 heterocycles. The third kappa shape index (κ3) is 1.68. The maximum atomic E-state index is 5.55. The summed E-state index contributed by atoms with van der Waals surface area (Å²) in [6, 6.07) is 7.06. The molecular weight excluding hydrogens is 236 g/mol. The van der Waals surface area contributed by atoms with Gasteiger partial charge in [0.2, 0.25) is 0 Å². The molecule has 0 unspecified atom stereocenters. The summed E-state index contributed by atoms with van der Waals surface area (Å²) in [6.07, 6.45) is 5.04. The van der Waals surface area contributed by atoms with Crippen LogP contribution < -0.4 is 4.74 Å². The first-order valence-corrected chi connectivity index (χ1v) is 7.27. The van der Waals surface area contributed by atoms with Gasteiger partial charge in [-0.2, -0.15) is 0 Å². The second-order valence-electron chi connectivity index (χ2n) is 5.75. The van der Waals surface area contributed by atoms with E-state index in [2.05, 4.69) is 28.1 Å². The van der Waals surface area contributed by atoms with Crippen molar-refractivity contribution in [3.05, 3.63) is 29.5 Å². The van der Waals surface area contributed by atoms with Crippen molar-refractivity contribution in [2.45, 2.75) is 31.7 Å². The molecule has 2 aliphatic rings. The Balaban J connectivity index is 1.86. The lowest BCUT2D eigenvalue weighted by Gasteiger charge is -2.20. The van der Waals surface area contributed by atoms with Crippen molar-refractivity contribution in [1.29, 1.82) is 0 Å². The second kappa shape index (κ2) is 4.27. The highest BCUT2D eigenvalue weighted by Crippen LogP contribution is 2.35. The van der Waals surface area contributed by atoms with E-state index in [1.54, 1.807) is 7.11 Å². The van der Waals surface area contributed by atoms with Crippen LogP contribution in [-0.2, 0) is 12.8 Å². The zero-order valence-electron chi connectivity index (χ0n) is 11.4. The minimum Gasteiger partial charge on any atom is -0.496 e. The Hall–Kier alpha value is -1.48. The lowest BCUT2D eigenvalue weighted by molar-refractivity contribution is 0.263. The summed E-state index contributed by atoms with van der Waals surface area (Å²) in [6.45, 7) is 2.48. The first-order chi connectivity index (χ1) is 9.36. The van der Waals surface area contributed by atoms with Crippen LogP contribution in [-0.4, -0.2) is 36.1 Å². The Kier molecular flexibility index (Phi) is 2.55. The number of H-pyrrole nitrogens is 1. The van der Waals surface area contributed by atoms with Gasteiger partial charge in [-0.05, 0) is 43.5 Å². The molecule has 1 saturated heterocycles. The Morgan fingerprint density at radius 1 is 1.32 bits per heavy atom. The predicted molar refractivity (Wildman–Crippen MR) is 76.9 cm³/mol. The van der Waals surface area contributed by atoms with Crippen molar-refractivity contribution in [3.63, 3.8) is 0 Å². The summed E-state index contributed by atoms with van der Waals surface area (Å²) in [4.78, 5) is 6.30. The van der Waals surface area contributed by atoms with Gasteiger partial charge < -0.3 is 9.72 Å². The first-order valence-electron chi connectivity index (χ1n) is 7.27. The van der Waals surface area contributed by atoms with Gasteiger partial charge in [0.25, 0.3) is 0 Å². The zero-order valence-corrected chi connectivity index (χ0v) is 11.4. The number of nitrogens with one attached hydrogen (secondary N) is 1. The van der Waals surface area contributed by atoms with Gasteiger partial charge >= 0.3 is 0 Å². The van der Waals surface area contributed by atoms with Crippen molar-refractivity contribution in [1.82, 2.24) is 9.88 Å². The molecule has 3 nitrogen and oxygen atoms in total. The standard InChI is InChI=1S/C16H20N2O/c1-19-15-6-2-5-13-16(15)12-7-9-18-8-3-4-11(18)10-14(12)17-13/h2,5-6,11,17H,3-4,7-10H2,1H3/t11-/m0/s1. The number of fused-ring (bicyclic) bond motifs is 4. The maximum absolute atomic E-state index is 5.55. The highest BCUT2D eigenvalue weighted by atomic mass is 16.5. The molecule has 1 aromatic heterocycles. The molecule has 1 aromatic carbocycles. The molecule has 0 spiro atoms. The minimum absolute atomic E-state index is 0.750. The SMILES string of the molecule is COc1cccc2[nH]c3c(c12)CCN1CCC[C@H]1C3. The van der Waals surface area contributed by atoms with Gasteiger partial charge in [-0.25, -0.2) is 0 Å². The number of nitrogens with zero attached hydrogens (tertiary/aromatic N) is 1. The molecule has 1 atom stereocenters. The fourth-order valence-electron chi connectivity index (χ4n) is 3.87. The number of aromatic nitrogens is 1. The molecule has 0 radical (unpaired) electrons. The summed E-state index contributed by atoms with van der Waals surface area (Å²) in [5.74, 6) is 1.01. The van der Waals surface area contributed by atoms with E-state index in [9.17, 15) is 0 Å². The zero-order chi connectivity index (χ0) is 12.8. The quantitative estimate of drug-likeness (QED) is 0.849. The number of benzene rings is 1. The van der Waals surface area contributed by atoms with Crippen LogP contribution in [0.3, 0.4) is 0 Å². The molecule has 19 heavy (non-hydrogen) atoms. The number of hydrogen-bond acceptors (Lipinski definition) is 2.